The van der Waals surface area contributed by atoms with Gasteiger partial charge in [0.05, 0.1) is 0 Å². The Morgan fingerprint density at radius 2 is 1.65 bits per heavy atom. The van der Waals surface area contributed by atoms with E-state index in [-0.39, 0.29) is 0 Å². The smallest absolute Gasteiger partial charge is 0.106 e. The number of thiophene rings is 1. The molecule has 20 heavy (non-hydrogen) atoms. The van der Waals surface area contributed by atoms with E-state index in [1.165, 1.54) is 10.3 Å². The number of aryl methyl sites for hydroxylation is 3. The van der Waals surface area contributed by atoms with Crippen LogP contribution in [-0.4, -0.2) is 5.11 Å². The van der Waals surface area contributed by atoms with Crippen LogP contribution < -0.4 is 0 Å². The molecule has 0 radical (unpaired) electrons. The second kappa shape index (κ2) is 5.04. The van der Waals surface area contributed by atoms with Gasteiger partial charge in [0.2, 0.25) is 0 Å². The van der Waals surface area contributed by atoms with Crippen LogP contribution in [0.5, 0.6) is 0 Å². The number of aliphatic hydroxyl groups is 1. The van der Waals surface area contributed by atoms with E-state index in [0.717, 1.165) is 27.6 Å². The van der Waals surface area contributed by atoms with Gasteiger partial charge in [0.1, 0.15) is 6.10 Å². The topological polar surface area (TPSA) is 20.2 Å². The molecule has 0 fully saturated rings. The molecule has 1 atom stereocenters. The molecular formula is C18H18OS. The molecule has 1 N–H and O–H groups in total. The third kappa shape index (κ3) is 2.15. The van der Waals surface area contributed by atoms with E-state index in [1.807, 2.05) is 12.1 Å². The number of fused-ring (bicyclic) bond motifs is 1. The van der Waals surface area contributed by atoms with Crippen molar-refractivity contribution in [3.8, 4) is 0 Å². The number of aliphatic hydroxyl groups excluding tert-OH is 1. The fourth-order valence-electron chi connectivity index (χ4n) is 2.99. The van der Waals surface area contributed by atoms with Gasteiger partial charge in [-0.1, -0.05) is 35.9 Å². The van der Waals surface area contributed by atoms with E-state index in [9.17, 15) is 5.11 Å². The predicted octanol–water partition coefficient (Wildman–Crippen LogP) is 4.91. The number of hydrogen-bond donors (Lipinski definition) is 1. The van der Waals surface area contributed by atoms with Gasteiger partial charge in [0, 0.05) is 10.3 Å². The minimum absolute atomic E-state index is 0.549. The lowest BCUT2D eigenvalue weighted by Crippen LogP contribution is -2.04. The molecule has 0 aliphatic rings. The van der Waals surface area contributed by atoms with Crippen molar-refractivity contribution in [2.24, 2.45) is 0 Å². The Hall–Kier alpha value is -1.64. The van der Waals surface area contributed by atoms with Gasteiger partial charge < -0.3 is 5.11 Å². The standard InChI is InChI=1S/C18H18OS/c1-11-8-12(2)17(13(3)9-11)18(19)15-10-20-16-7-5-4-6-14(15)16/h4-10,18-19H,1-3H3. The Morgan fingerprint density at radius 1 is 1.00 bits per heavy atom. The second-order valence-corrected chi connectivity index (χ2v) is 6.31. The molecule has 0 aliphatic heterocycles. The maximum Gasteiger partial charge on any atom is 0.106 e. The monoisotopic (exact) mass is 282 g/mol. The van der Waals surface area contributed by atoms with Gasteiger partial charge in [-0.05, 0) is 54.3 Å². The zero-order valence-electron chi connectivity index (χ0n) is 12.0. The van der Waals surface area contributed by atoms with Crippen molar-refractivity contribution in [3.63, 3.8) is 0 Å². The van der Waals surface area contributed by atoms with Gasteiger partial charge in [0.25, 0.3) is 0 Å². The number of benzene rings is 2. The molecule has 1 heterocycles. The van der Waals surface area contributed by atoms with Gasteiger partial charge in [-0.25, -0.2) is 0 Å². The minimum atomic E-state index is -0.549. The fourth-order valence-corrected chi connectivity index (χ4v) is 3.97. The van der Waals surface area contributed by atoms with E-state index in [2.05, 4.69) is 50.4 Å². The van der Waals surface area contributed by atoms with Crippen LogP contribution in [0, 0.1) is 20.8 Å². The van der Waals surface area contributed by atoms with Crippen LogP contribution in [0.1, 0.15) is 33.9 Å². The first-order chi connectivity index (χ1) is 9.58. The van der Waals surface area contributed by atoms with Crippen molar-refractivity contribution in [2.45, 2.75) is 26.9 Å². The van der Waals surface area contributed by atoms with Crippen molar-refractivity contribution < 1.29 is 5.11 Å². The van der Waals surface area contributed by atoms with E-state index in [4.69, 9.17) is 0 Å². The lowest BCUT2D eigenvalue weighted by molar-refractivity contribution is 0.220. The second-order valence-electron chi connectivity index (χ2n) is 5.40. The van der Waals surface area contributed by atoms with Gasteiger partial charge in [0.15, 0.2) is 0 Å². The highest BCUT2D eigenvalue weighted by molar-refractivity contribution is 7.17. The lowest BCUT2D eigenvalue weighted by Gasteiger charge is -2.17. The molecule has 2 heteroatoms. The summed E-state index contributed by atoms with van der Waals surface area (Å²) in [6, 6.07) is 12.5. The quantitative estimate of drug-likeness (QED) is 0.708. The minimum Gasteiger partial charge on any atom is -0.384 e. The molecule has 1 unspecified atom stereocenters. The SMILES string of the molecule is Cc1cc(C)c(C(O)c2csc3ccccc23)c(C)c1. The van der Waals surface area contributed by atoms with Crippen LogP contribution in [0.4, 0.5) is 0 Å². The molecular weight excluding hydrogens is 264 g/mol. The maximum absolute atomic E-state index is 10.8. The van der Waals surface area contributed by atoms with Crippen LogP contribution in [0.3, 0.4) is 0 Å². The van der Waals surface area contributed by atoms with Gasteiger partial charge in [-0.3, -0.25) is 0 Å². The average molecular weight is 282 g/mol. The summed E-state index contributed by atoms with van der Waals surface area (Å²) in [7, 11) is 0. The van der Waals surface area contributed by atoms with Crippen LogP contribution >= 0.6 is 11.3 Å². The van der Waals surface area contributed by atoms with E-state index in [0.29, 0.717) is 0 Å². The van der Waals surface area contributed by atoms with Crippen LogP contribution in [0.2, 0.25) is 0 Å². The lowest BCUT2D eigenvalue weighted by atomic mass is 9.92. The highest BCUT2D eigenvalue weighted by Crippen LogP contribution is 2.36. The summed E-state index contributed by atoms with van der Waals surface area (Å²) in [5.41, 5.74) is 5.61. The summed E-state index contributed by atoms with van der Waals surface area (Å²) in [5, 5.41) is 14.1. The Balaban J connectivity index is 2.16. The first-order valence-corrected chi connectivity index (χ1v) is 7.68. The molecule has 0 aliphatic carbocycles. The molecule has 2 aromatic carbocycles. The Bertz CT molecular complexity index is 747. The molecule has 1 aromatic heterocycles. The highest BCUT2D eigenvalue weighted by atomic mass is 32.1. The fraction of sp³-hybridized carbons (Fsp3) is 0.222. The summed E-state index contributed by atoms with van der Waals surface area (Å²) in [5.74, 6) is 0. The molecule has 0 spiro atoms. The maximum atomic E-state index is 10.8. The average Bonchev–Trinajstić information content (AvgIpc) is 2.81. The molecule has 102 valence electrons. The van der Waals surface area contributed by atoms with Gasteiger partial charge in [-0.15, -0.1) is 11.3 Å². The van der Waals surface area contributed by atoms with Crippen LogP contribution in [0.25, 0.3) is 10.1 Å². The molecule has 1 nitrogen and oxygen atoms in total. The summed E-state index contributed by atoms with van der Waals surface area (Å²) < 4.78 is 1.23. The summed E-state index contributed by atoms with van der Waals surface area (Å²) >= 11 is 1.69. The Morgan fingerprint density at radius 3 is 2.35 bits per heavy atom. The first kappa shape index (κ1) is 13.3. The largest absolute Gasteiger partial charge is 0.384 e. The molecule has 0 saturated heterocycles. The van der Waals surface area contributed by atoms with Crippen molar-refractivity contribution in [1.82, 2.24) is 0 Å². The van der Waals surface area contributed by atoms with Crippen LogP contribution in [-0.2, 0) is 0 Å². The zero-order valence-corrected chi connectivity index (χ0v) is 12.8. The summed E-state index contributed by atoms with van der Waals surface area (Å²) in [6.45, 7) is 6.25. The third-order valence-electron chi connectivity index (χ3n) is 3.82. The van der Waals surface area contributed by atoms with Crippen LogP contribution in [0.15, 0.2) is 41.8 Å². The summed E-state index contributed by atoms with van der Waals surface area (Å²) in [4.78, 5) is 0. The number of hydrogen-bond acceptors (Lipinski definition) is 2. The normalized spacial score (nSPS) is 12.8. The van der Waals surface area contributed by atoms with Crippen molar-refractivity contribution in [3.05, 3.63) is 69.6 Å². The summed E-state index contributed by atoms with van der Waals surface area (Å²) in [6.07, 6.45) is -0.549. The molecule has 0 amide bonds. The predicted molar refractivity (Wildman–Crippen MR) is 86.5 cm³/mol. The Kier molecular flexibility index (Phi) is 3.36. The van der Waals surface area contributed by atoms with Crippen molar-refractivity contribution in [2.75, 3.05) is 0 Å². The van der Waals surface area contributed by atoms with Crippen molar-refractivity contribution in [1.29, 1.82) is 0 Å². The molecule has 3 aromatic rings. The van der Waals surface area contributed by atoms with Gasteiger partial charge in [-0.2, -0.15) is 0 Å². The van der Waals surface area contributed by atoms with E-state index >= 15 is 0 Å². The Labute approximate surface area is 123 Å². The van der Waals surface area contributed by atoms with Gasteiger partial charge >= 0.3 is 0 Å². The van der Waals surface area contributed by atoms with E-state index < -0.39 is 6.10 Å². The number of rotatable bonds is 2. The first-order valence-electron chi connectivity index (χ1n) is 6.80. The highest BCUT2D eigenvalue weighted by Gasteiger charge is 2.19. The molecule has 0 bridgehead atoms. The van der Waals surface area contributed by atoms with Crippen molar-refractivity contribution >= 4 is 21.4 Å². The third-order valence-corrected chi connectivity index (χ3v) is 4.80. The zero-order chi connectivity index (χ0) is 14.3. The van der Waals surface area contributed by atoms with E-state index in [1.54, 1.807) is 11.3 Å². The molecule has 3 rings (SSSR count). The molecule has 0 saturated carbocycles.